The Hall–Kier alpha value is -1.10. The van der Waals surface area contributed by atoms with E-state index in [1.807, 2.05) is 18.7 Å². The van der Waals surface area contributed by atoms with E-state index in [9.17, 15) is 9.59 Å². The fraction of sp³-hybridized carbons (Fsp3) is 0.875. The van der Waals surface area contributed by atoms with Crippen LogP contribution in [0.1, 0.15) is 40.0 Å². The Bertz CT molecular complexity index is 431. The van der Waals surface area contributed by atoms with Crippen LogP contribution in [-0.2, 0) is 9.59 Å². The zero-order valence-corrected chi connectivity index (χ0v) is 13.3. The lowest BCUT2D eigenvalue weighted by Crippen LogP contribution is -2.70. The van der Waals surface area contributed by atoms with Gasteiger partial charge in [-0.1, -0.05) is 20.3 Å². The van der Waals surface area contributed by atoms with Gasteiger partial charge in [0.15, 0.2) is 0 Å². The van der Waals surface area contributed by atoms with Crippen LogP contribution in [0.2, 0.25) is 0 Å². The third-order valence-electron chi connectivity index (χ3n) is 5.81. The molecule has 0 spiro atoms. The lowest BCUT2D eigenvalue weighted by atomic mass is 9.81. The number of hydrogen-bond acceptors (Lipinski definition) is 3. The molecule has 2 bridgehead atoms. The first kappa shape index (κ1) is 14.8. The number of rotatable bonds is 3. The molecule has 4 heterocycles. The minimum Gasteiger partial charge on any atom is -0.342 e. The van der Waals surface area contributed by atoms with Crippen molar-refractivity contribution < 1.29 is 9.59 Å². The minimum atomic E-state index is -0.339. The highest BCUT2D eigenvalue weighted by Gasteiger charge is 2.47. The Kier molecular flexibility index (Phi) is 3.95. The Morgan fingerprint density at radius 1 is 1.29 bits per heavy atom. The van der Waals surface area contributed by atoms with Crippen molar-refractivity contribution >= 4 is 11.8 Å². The molecule has 4 aliphatic heterocycles. The molecule has 5 nitrogen and oxygen atoms in total. The monoisotopic (exact) mass is 293 g/mol. The number of nitrogens with one attached hydrogen (secondary N) is 1. The van der Waals surface area contributed by atoms with E-state index in [0.717, 1.165) is 38.9 Å². The maximum absolute atomic E-state index is 13.0. The van der Waals surface area contributed by atoms with Crippen molar-refractivity contribution in [2.45, 2.75) is 58.2 Å². The number of nitrogens with zero attached hydrogens (tertiary/aromatic N) is 2. The molecule has 0 aromatic carbocycles. The topological polar surface area (TPSA) is 52.7 Å². The van der Waals surface area contributed by atoms with Gasteiger partial charge in [-0.15, -0.1) is 0 Å². The van der Waals surface area contributed by atoms with Crippen LogP contribution < -0.4 is 5.32 Å². The van der Waals surface area contributed by atoms with Crippen LogP contribution in [0.15, 0.2) is 0 Å². The van der Waals surface area contributed by atoms with Gasteiger partial charge in [-0.3, -0.25) is 9.59 Å². The van der Waals surface area contributed by atoms with Gasteiger partial charge in [0.1, 0.15) is 12.1 Å². The average molecular weight is 293 g/mol. The van der Waals surface area contributed by atoms with Crippen molar-refractivity contribution in [3.8, 4) is 0 Å². The van der Waals surface area contributed by atoms with Gasteiger partial charge < -0.3 is 15.1 Å². The number of hydrogen-bond donors (Lipinski definition) is 1. The molecule has 0 aromatic rings. The van der Waals surface area contributed by atoms with Gasteiger partial charge >= 0.3 is 0 Å². The van der Waals surface area contributed by atoms with Crippen molar-refractivity contribution in [2.75, 3.05) is 19.6 Å². The lowest BCUT2D eigenvalue weighted by molar-refractivity contribution is -0.157. The summed E-state index contributed by atoms with van der Waals surface area (Å²) in [6.45, 7) is 9.24. The van der Waals surface area contributed by atoms with Crippen molar-refractivity contribution in [3.05, 3.63) is 0 Å². The summed E-state index contributed by atoms with van der Waals surface area (Å²) in [6.07, 6.45) is 3.23. The zero-order valence-electron chi connectivity index (χ0n) is 13.3. The molecule has 0 saturated carbocycles. The predicted octanol–water partition coefficient (Wildman–Crippen LogP) is 0.842. The summed E-state index contributed by atoms with van der Waals surface area (Å²) in [5.41, 5.74) is 0. The molecule has 5 heteroatoms. The normalized spacial score (nSPS) is 41.1. The molecule has 4 aliphatic rings. The quantitative estimate of drug-likeness (QED) is 0.839. The van der Waals surface area contributed by atoms with Crippen molar-refractivity contribution in [3.63, 3.8) is 0 Å². The third-order valence-corrected chi connectivity index (χ3v) is 5.81. The summed E-state index contributed by atoms with van der Waals surface area (Å²) in [7, 11) is 0. The molecule has 21 heavy (non-hydrogen) atoms. The Morgan fingerprint density at radius 2 is 1.95 bits per heavy atom. The molecule has 0 aliphatic carbocycles. The highest BCUT2D eigenvalue weighted by atomic mass is 16.2. The van der Waals surface area contributed by atoms with E-state index in [0.29, 0.717) is 5.92 Å². The van der Waals surface area contributed by atoms with Crippen LogP contribution >= 0.6 is 0 Å². The van der Waals surface area contributed by atoms with Gasteiger partial charge in [-0.05, 0) is 44.7 Å². The molecule has 4 atom stereocenters. The standard InChI is InChI=1S/C16H27N3O2/c1-4-10(2)14-16(21)19(11(3)15(20)17-14)13-9-18-7-5-12(13)6-8-18/h10-14H,4-9H2,1-3H3,(H,17,20). The molecular weight excluding hydrogens is 266 g/mol. The van der Waals surface area contributed by atoms with Crippen LogP contribution in [0.5, 0.6) is 0 Å². The third kappa shape index (κ3) is 2.45. The largest absolute Gasteiger partial charge is 0.342 e. The summed E-state index contributed by atoms with van der Waals surface area (Å²) >= 11 is 0. The molecule has 1 N–H and O–H groups in total. The van der Waals surface area contributed by atoms with Crippen LogP contribution in [0, 0.1) is 11.8 Å². The minimum absolute atomic E-state index is 0.0105. The zero-order chi connectivity index (χ0) is 15.1. The van der Waals surface area contributed by atoms with E-state index in [1.54, 1.807) is 0 Å². The average Bonchev–Trinajstić information content (AvgIpc) is 2.51. The summed E-state index contributed by atoms with van der Waals surface area (Å²) in [5, 5.41) is 2.94. The van der Waals surface area contributed by atoms with E-state index < -0.39 is 0 Å². The number of carbonyl (C=O) groups is 2. The second kappa shape index (κ2) is 5.59. The first-order valence-electron chi connectivity index (χ1n) is 8.37. The summed E-state index contributed by atoms with van der Waals surface area (Å²) in [4.78, 5) is 29.6. The molecule has 0 aromatic heterocycles. The number of carbonyl (C=O) groups excluding carboxylic acids is 2. The first-order chi connectivity index (χ1) is 10.0. The highest BCUT2D eigenvalue weighted by molar-refractivity contribution is 5.97. The molecule has 4 fully saturated rings. The first-order valence-corrected chi connectivity index (χ1v) is 8.37. The molecule has 4 rings (SSSR count). The van der Waals surface area contributed by atoms with Gasteiger partial charge in [-0.2, -0.15) is 0 Å². The van der Waals surface area contributed by atoms with E-state index in [2.05, 4.69) is 17.1 Å². The SMILES string of the molecule is CCC(C)C1NC(=O)C(C)N(C2CN3CCC2CC3)C1=O. The van der Waals surface area contributed by atoms with E-state index in [1.165, 1.54) is 0 Å². The summed E-state index contributed by atoms with van der Waals surface area (Å²) in [6, 6.07) is -0.440. The molecule has 118 valence electrons. The fourth-order valence-corrected chi connectivity index (χ4v) is 4.13. The van der Waals surface area contributed by atoms with Crippen LogP contribution in [0.25, 0.3) is 0 Å². The maximum Gasteiger partial charge on any atom is 0.246 e. The highest BCUT2D eigenvalue weighted by Crippen LogP contribution is 2.33. The fourth-order valence-electron chi connectivity index (χ4n) is 4.13. The van der Waals surface area contributed by atoms with E-state index in [-0.39, 0.29) is 35.9 Å². The maximum atomic E-state index is 13.0. The number of piperazine rings is 1. The molecule has 4 saturated heterocycles. The lowest BCUT2D eigenvalue weighted by Gasteiger charge is -2.52. The number of piperidine rings is 3. The summed E-state index contributed by atoms with van der Waals surface area (Å²) in [5.74, 6) is 0.911. The van der Waals surface area contributed by atoms with Crippen LogP contribution in [0.3, 0.4) is 0 Å². The van der Waals surface area contributed by atoms with Crippen LogP contribution in [0.4, 0.5) is 0 Å². The Balaban J connectivity index is 1.84. The molecule has 2 amide bonds. The second-order valence-electron chi connectivity index (χ2n) is 7.00. The summed E-state index contributed by atoms with van der Waals surface area (Å²) < 4.78 is 0. The van der Waals surface area contributed by atoms with Gasteiger partial charge in [0.05, 0.1) is 0 Å². The Morgan fingerprint density at radius 3 is 2.48 bits per heavy atom. The van der Waals surface area contributed by atoms with E-state index in [4.69, 9.17) is 0 Å². The smallest absolute Gasteiger partial charge is 0.246 e. The van der Waals surface area contributed by atoms with Gasteiger partial charge in [0.2, 0.25) is 11.8 Å². The van der Waals surface area contributed by atoms with Crippen molar-refractivity contribution in [1.82, 2.24) is 15.1 Å². The van der Waals surface area contributed by atoms with Gasteiger partial charge in [0.25, 0.3) is 0 Å². The molecular formula is C16H27N3O2. The van der Waals surface area contributed by atoms with Crippen LogP contribution in [-0.4, -0.2) is 59.4 Å². The molecule has 4 unspecified atom stereocenters. The van der Waals surface area contributed by atoms with Crippen molar-refractivity contribution in [1.29, 1.82) is 0 Å². The van der Waals surface area contributed by atoms with Crippen molar-refractivity contribution in [2.24, 2.45) is 11.8 Å². The van der Waals surface area contributed by atoms with Gasteiger partial charge in [-0.25, -0.2) is 0 Å². The number of amides is 2. The predicted molar refractivity (Wildman–Crippen MR) is 80.6 cm³/mol. The number of fused-ring (bicyclic) bond motifs is 3. The molecule has 0 radical (unpaired) electrons. The van der Waals surface area contributed by atoms with Gasteiger partial charge in [0, 0.05) is 12.6 Å². The Labute approximate surface area is 127 Å². The van der Waals surface area contributed by atoms with E-state index >= 15 is 0 Å². The second-order valence-corrected chi connectivity index (χ2v) is 7.00.